The van der Waals surface area contributed by atoms with Crippen LogP contribution in [0.3, 0.4) is 0 Å². The summed E-state index contributed by atoms with van der Waals surface area (Å²) in [5, 5.41) is 5.03. The fraction of sp³-hybridized carbons (Fsp3) is 0.385. The lowest BCUT2D eigenvalue weighted by molar-refractivity contribution is -0.124. The predicted octanol–water partition coefficient (Wildman–Crippen LogP) is 0.989. The van der Waals surface area contributed by atoms with Crippen molar-refractivity contribution in [1.29, 1.82) is 0 Å². The molecule has 1 heterocycles. The molecule has 1 saturated heterocycles. The van der Waals surface area contributed by atoms with E-state index in [0.717, 1.165) is 12.1 Å². The lowest BCUT2D eigenvalue weighted by Gasteiger charge is -2.22. The number of sulfone groups is 1. The van der Waals surface area contributed by atoms with Gasteiger partial charge < -0.3 is 10.6 Å². The van der Waals surface area contributed by atoms with Crippen molar-refractivity contribution in [1.82, 2.24) is 10.6 Å². The van der Waals surface area contributed by atoms with Crippen LogP contribution in [-0.4, -0.2) is 38.3 Å². The number of benzene rings is 1. The number of amides is 2. The van der Waals surface area contributed by atoms with Gasteiger partial charge in [0.05, 0.1) is 4.90 Å². The molecule has 2 rings (SSSR count). The van der Waals surface area contributed by atoms with Gasteiger partial charge in [-0.1, -0.05) is 0 Å². The van der Waals surface area contributed by atoms with Gasteiger partial charge in [-0.15, -0.1) is 0 Å². The van der Waals surface area contributed by atoms with Crippen molar-refractivity contribution < 1.29 is 31.2 Å². The highest BCUT2D eigenvalue weighted by Crippen LogP contribution is 2.30. The molecule has 6 nitrogen and oxygen atoms in total. The van der Waals surface area contributed by atoms with Gasteiger partial charge in [-0.25, -0.2) is 8.42 Å². The average molecular weight is 350 g/mol. The third kappa shape index (κ3) is 3.63. The molecule has 1 aromatic rings. The van der Waals surface area contributed by atoms with E-state index in [0.29, 0.717) is 31.5 Å². The summed E-state index contributed by atoms with van der Waals surface area (Å²) in [4.78, 5) is 22.5. The van der Waals surface area contributed by atoms with Gasteiger partial charge in [0.25, 0.3) is 15.7 Å². The average Bonchev–Trinajstić information content (AvgIpc) is 2.48. The highest BCUT2D eigenvalue weighted by Gasteiger charge is 2.46. The first-order valence-electron chi connectivity index (χ1n) is 6.63. The quantitative estimate of drug-likeness (QED) is 0.850. The van der Waals surface area contributed by atoms with Crippen LogP contribution in [0, 0.1) is 0 Å². The number of hydrogen-bond donors (Lipinski definition) is 2. The molecular weight excluding hydrogens is 337 g/mol. The maximum atomic E-state index is 12.4. The second kappa shape index (κ2) is 6.19. The van der Waals surface area contributed by atoms with Gasteiger partial charge in [-0.2, -0.15) is 13.2 Å². The molecule has 1 aromatic carbocycles. The summed E-state index contributed by atoms with van der Waals surface area (Å²) in [7, 11) is -5.45. The summed E-state index contributed by atoms with van der Waals surface area (Å²) in [5.41, 5.74) is -5.44. The Bertz CT molecular complexity index is 714. The van der Waals surface area contributed by atoms with Gasteiger partial charge in [-0.3, -0.25) is 9.59 Å². The molecule has 1 atom stereocenters. The monoisotopic (exact) mass is 350 g/mol. The van der Waals surface area contributed by atoms with E-state index < -0.39 is 32.2 Å². The third-order valence-corrected chi connectivity index (χ3v) is 4.82. The number of hydrogen-bond acceptors (Lipinski definition) is 4. The van der Waals surface area contributed by atoms with Crippen LogP contribution in [0.2, 0.25) is 0 Å². The number of rotatable bonds is 3. The molecule has 2 amide bonds. The Balaban J connectivity index is 2.13. The van der Waals surface area contributed by atoms with E-state index in [1.165, 1.54) is 0 Å². The summed E-state index contributed by atoms with van der Waals surface area (Å²) in [6.45, 7) is 0.523. The number of carbonyl (C=O) groups excluding carboxylic acids is 2. The van der Waals surface area contributed by atoms with Crippen LogP contribution in [-0.2, 0) is 14.6 Å². The topological polar surface area (TPSA) is 92.3 Å². The van der Waals surface area contributed by atoms with Crippen molar-refractivity contribution in [2.24, 2.45) is 0 Å². The zero-order valence-corrected chi connectivity index (χ0v) is 12.5. The van der Waals surface area contributed by atoms with Crippen LogP contribution in [0.15, 0.2) is 29.2 Å². The molecule has 2 N–H and O–H groups in total. The smallest absolute Gasteiger partial charge is 0.354 e. The first kappa shape index (κ1) is 17.3. The Hall–Kier alpha value is -2.10. The van der Waals surface area contributed by atoms with Crippen LogP contribution >= 0.6 is 0 Å². The van der Waals surface area contributed by atoms with Crippen molar-refractivity contribution in [2.45, 2.75) is 29.3 Å². The Morgan fingerprint density at radius 1 is 1.22 bits per heavy atom. The predicted molar refractivity (Wildman–Crippen MR) is 73.2 cm³/mol. The first-order chi connectivity index (χ1) is 10.6. The Kier molecular flexibility index (Phi) is 4.64. The fourth-order valence-corrected chi connectivity index (χ4v) is 2.83. The zero-order valence-electron chi connectivity index (χ0n) is 11.7. The molecule has 1 fully saturated rings. The van der Waals surface area contributed by atoms with Crippen LogP contribution in [0.1, 0.15) is 23.2 Å². The minimum absolute atomic E-state index is 0.0375. The highest BCUT2D eigenvalue weighted by atomic mass is 32.2. The van der Waals surface area contributed by atoms with Crippen molar-refractivity contribution in [3.8, 4) is 0 Å². The number of halogens is 3. The number of nitrogens with one attached hydrogen (secondary N) is 2. The van der Waals surface area contributed by atoms with Crippen molar-refractivity contribution >= 4 is 21.7 Å². The van der Waals surface area contributed by atoms with E-state index in [2.05, 4.69) is 10.6 Å². The van der Waals surface area contributed by atoms with Crippen LogP contribution in [0.25, 0.3) is 0 Å². The van der Waals surface area contributed by atoms with Gasteiger partial charge in [-0.05, 0) is 37.1 Å². The summed E-state index contributed by atoms with van der Waals surface area (Å²) in [6, 6.07) is 2.63. The first-order valence-corrected chi connectivity index (χ1v) is 8.11. The summed E-state index contributed by atoms with van der Waals surface area (Å²) < 4.78 is 59.7. The Morgan fingerprint density at radius 2 is 1.83 bits per heavy atom. The molecule has 0 bridgehead atoms. The SMILES string of the molecule is O=C(NC1CCCNC1=O)c1ccc(S(=O)(=O)C(F)(F)F)cc1. The van der Waals surface area contributed by atoms with Crippen molar-refractivity contribution in [3.05, 3.63) is 29.8 Å². The van der Waals surface area contributed by atoms with E-state index >= 15 is 0 Å². The van der Waals surface area contributed by atoms with Crippen molar-refractivity contribution in [3.63, 3.8) is 0 Å². The molecule has 126 valence electrons. The maximum absolute atomic E-state index is 12.4. The lowest BCUT2D eigenvalue weighted by Crippen LogP contribution is -2.50. The standard InChI is InChI=1S/C13H13F3N2O4S/c14-13(15,16)23(21,22)9-5-3-8(4-6-9)11(19)18-10-2-1-7-17-12(10)20/h3-6,10H,1-2,7H2,(H,17,20)(H,18,19). The number of carbonyl (C=O) groups is 2. The molecule has 0 radical (unpaired) electrons. The van der Waals surface area contributed by atoms with Gasteiger partial charge >= 0.3 is 5.51 Å². The molecule has 0 spiro atoms. The lowest BCUT2D eigenvalue weighted by atomic mass is 10.1. The van der Waals surface area contributed by atoms with Gasteiger partial charge in [0, 0.05) is 12.1 Å². The molecule has 0 aromatic heterocycles. The molecule has 1 aliphatic rings. The largest absolute Gasteiger partial charge is 0.501 e. The van der Waals surface area contributed by atoms with Crippen LogP contribution in [0.4, 0.5) is 13.2 Å². The van der Waals surface area contributed by atoms with Crippen LogP contribution < -0.4 is 10.6 Å². The Labute approximate surface area is 130 Å². The summed E-state index contributed by atoms with van der Waals surface area (Å²) >= 11 is 0. The van der Waals surface area contributed by atoms with E-state index in [1.54, 1.807) is 0 Å². The highest BCUT2D eigenvalue weighted by molar-refractivity contribution is 7.92. The van der Waals surface area contributed by atoms with Gasteiger partial charge in [0.15, 0.2) is 0 Å². The van der Waals surface area contributed by atoms with Gasteiger partial charge in [0.1, 0.15) is 6.04 Å². The van der Waals surface area contributed by atoms with Gasteiger partial charge in [0.2, 0.25) is 5.91 Å². The zero-order chi connectivity index (χ0) is 17.3. The molecule has 0 saturated carbocycles. The van der Waals surface area contributed by atoms with Crippen molar-refractivity contribution in [2.75, 3.05) is 6.54 Å². The third-order valence-electron chi connectivity index (χ3n) is 3.32. The molecule has 1 unspecified atom stereocenters. The molecule has 1 aliphatic heterocycles. The second-order valence-corrected chi connectivity index (χ2v) is 6.87. The maximum Gasteiger partial charge on any atom is 0.501 e. The van der Waals surface area contributed by atoms with E-state index in [-0.39, 0.29) is 11.5 Å². The minimum Gasteiger partial charge on any atom is -0.354 e. The number of piperidine rings is 1. The molecule has 0 aliphatic carbocycles. The molecular formula is C13H13F3N2O4S. The Morgan fingerprint density at radius 3 is 2.35 bits per heavy atom. The fourth-order valence-electron chi connectivity index (χ4n) is 2.07. The summed E-state index contributed by atoms with van der Waals surface area (Å²) in [5.74, 6) is -0.996. The number of alkyl halides is 3. The summed E-state index contributed by atoms with van der Waals surface area (Å²) in [6.07, 6.45) is 1.15. The molecule has 10 heteroatoms. The van der Waals surface area contributed by atoms with E-state index in [9.17, 15) is 31.2 Å². The van der Waals surface area contributed by atoms with Crippen LogP contribution in [0.5, 0.6) is 0 Å². The minimum atomic E-state index is -5.45. The van der Waals surface area contributed by atoms with E-state index in [1.807, 2.05) is 0 Å². The molecule has 23 heavy (non-hydrogen) atoms. The normalized spacial score (nSPS) is 19.1. The second-order valence-electron chi connectivity index (χ2n) is 4.93. The van der Waals surface area contributed by atoms with E-state index in [4.69, 9.17) is 0 Å².